The van der Waals surface area contributed by atoms with Gasteiger partial charge in [0.25, 0.3) is 0 Å². The van der Waals surface area contributed by atoms with E-state index >= 15 is 0 Å². The molecule has 0 atom stereocenters. The third kappa shape index (κ3) is 6.10. The van der Waals surface area contributed by atoms with Crippen LogP contribution in [0.4, 0.5) is 0 Å². The van der Waals surface area contributed by atoms with E-state index in [0.29, 0.717) is 0 Å². The van der Waals surface area contributed by atoms with Crippen molar-refractivity contribution in [2.24, 2.45) is 0 Å². The molecule has 0 saturated carbocycles. The first-order valence-electron chi connectivity index (χ1n) is 11.7. The topological polar surface area (TPSA) is 0 Å². The summed E-state index contributed by atoms with van der Waals surface area (Å²) in [5.41, 5.74) is 6.69. The number of nitrogens with zero attached hydrogens (tertiary/aromatic N) is 2. The molecule has 0 radical (unpaired) electrons. The Balaban J connectivity index is 3.87. The molecule has 2 nitrogen and oxygen atoms in total. The minimum Gasteiger partial charge on any atom is -0.321 e. The fraction of sp³-hybridized carbons (Fsp3) is 0.786. The van der Waals surface area contributed by atoms with Crippen molar-refractivity contribution >= 4 is 0 Å². The lowest BCUT2D eigenvalue weighted by Crippen LogP contribution is -2.54. The minimum atomic E-state index is 0.108. The van der Waals surface area contributed by atoms with Gasteiger partial charge in [0.15, 0.2) is 0 Å². The van der Waals surface area contributed by atoms with Gasteiger partial charge in [0.1, 0.15) is 13.1 Å². The molecule has 0 aliphatic heterocycles. The zero-order valence-corrected chi connectivity index (χ0v) is 23.5. The fourth-order valence-electron chi connectivity index (χ4n) is 3.74. The summed E-state index contributed by atoms with van der Waals surface area (Å²) in [4.78, 5) is 0. The second-order valence-electron chi connectivity index (χ2n) is 14.7. The van der Waals surface area contributed by atoms with Crippen molar-refractivity contribution in [3.63, 3.8) is 0 Å². The monoisotopic (exact) mass is 418 g/mol. The van der Waals surface area contributed by atoms with E-state index in [9.17, 15) is 0 Å². The van der Waals surface area contributed by atoms with E-state index in [4.69, 9.17) is 0 Å². The van der Waals surface area contributed by atoms with Gasteiger partial charge in [-0.3, -0.25) is 0 Å². The lowest BCUT2D eigenvalue weighted by molar-refractivity contribution is -0.948. The molecule has 0 aliphatic carbocycles. The van der Waals surface area contributed by atoms with Crippen LogP contribution in [-0.2, 0) is 23.9 Å². The lowest BCUT2D eigenvalue weighted by Gasteiger charge is -2.45. The van der Waals surface area contributed by atoms with Crippen molar-refractivity contribution in [1.82, 2.24) is 0 Å². The van der Waals surface area contributed by atoms with Crippen LogP contribution in [0.5, 0.6) is 0 Å². The highest BCUT2D eigenvalue weighted by Crippen LogP contribution is 2.38. The Labute approximate surface area is 189 Å². The molecule has 0 fully saturated rings. The van der Waals surface area contributed by atoms with Crippen LogP contribution in [0.1, 0.15) is 105 Å². The fourth-order valence-corrected chi connectivity index (χ4v) is 3.74. The standard InChI is InChI=1S/C28H54N2/c1-25(2,3)23-17-21(19-29(13,14)27(7,8)9)24(26(4,5)6)22(18-23)20-30(15,16)28(10,11)12/h17-18H,19-20H2,1-16H3/q+2. The molecule has 2 heteroatoms. The third-order valence-corrected chi connectivity index (χ3v) is 7.68. The highest BCUT2D eigenvalue weighted by atomic mass is 15.4. The highest BCUT2D eigenvalue weighted by Gasteiger charge is 2.38. The Morgan fingerprint density at radius 2 is 0.833 bits per heavy atom. The number of quaternary nitrogens is 2. The molecule has 1 aromatic carbocycles. The van der Waals surface area contributed by atoms with Gasteiger partial charge in [-0.05, 0) is 75.6 Å². The minimum absolute atomic E-state index is 0.108. The zero-order chi connectivity index (χ0) is 24.1. The van der Waals surface area contributed by atoms with Gasteiger partial charge in [0, 0.05) is 11.1 Å². The quantitative estimate of drug-likeness (QED) is 0.460. The molecular weight excluding hydrogens is 364 g/mol. The van der Waals surface area contributed by atoms with Crippen molar-refractivity contribution in [3.8, 4) is 0 Å². The summed E-state index contributed by atoms with van der Waals surface area (Å²) in [5.74, 6) is 0. The SMILES string of the molecule is CC(C)(C)c1cc(C[N+](C)(C)C(C)(C)C)c(C(C)(C)C)c(C[N+](C)(C)C(C)(C)C)c1. The summed E-state index contributed by atoms with van der Waals surface area (Å²) < 4.78 is 1.95. The van der Waals surface area contributed by atoms with Crippen LogP contribution < -0.4 is 0 Å². The van der Waals surface area contributed by atoms with Crippen LogP contribution in [0.25, 0.3) is 0 Å². The molecule has 30 heavy (non-hydrogen) atoms. The van der Waals surface area contributed by atoms with Crippen molar-refractivity contribution in [2.45, 2.75) is 118 Å². The van der Waals surface area contributed by atoms with E-state index in [1.165, 1.54) is 16.7 Å². The molecular formula is C28H54N2+2. The van der Waals surface area contributed by atoms with Crippen LogP contribution in [0.15, 0.2) is 12.1 Å². The first-order valence-corrected chi connectivity index (χ1v) is 11.7. The highest BCUT2D eigenvalue weighted by molar-refractivity contribution is 5.45. The molecule has 0 amide bonds. The van der Waals surface area contributed by atoms with Gasteiger partial charge in [-0.15, -0.1) is 0 Å². The Morgan fingerprint density at radius 3 is 1.03 bits per heavy atom. The van der Waals surface area contributed by atoms with Crippen molar-refractivity contribution in [3.05, 3.63) is 34.4 Å². The maximum atomic E-state index is 2.52. The number of benzene rings is 1. The maximum absolute atomic E-state index is 2.52. The average Bonchev–Trinajstić information content (AvgIpc) is 2.40. The summed E-state index contributed by atoms with van der Waals surface area (Å²) in [6.07, 6.45) is 0. The van der Waals surface area contributed by atoms with Crippen molar-refractivity contribution in [2.75, 3.05) is 28.2 Å². The average molecular weight is 419 g/mol. The van der Waals surface area contributed by atoms with E-state index in [2.05, 4.69) is 123 Å². The number of hydrogen-bond acceptors (Lipinski definition) is 0. The van der Waals surface area contributed by atoms with Gasteiger partial charge < -0.3 is 8.97 Å². The maximum Gasteiger partial charge on any atom is 0.105 e. The summed E-state index contributed by atoms with van der Waals surface area (Å²) in [5, 5.41) is 0. The van der Waals surface area contributed by atoms with Crippen LogP contribution in [0.3, 0.4) is 0 Å². The Morgan fingerprint density at radius 1 is 0.533 bits per heavy atom. The molecule has 0 spiro atoms. The molecule has 1 aromatic rings. The molecule has 0 aliphatic rings. The van der Waals surface area contributed by atoms with Gasteiger partial charge in [-0.2, -0.15) is 0 Å². The Kier molecular flexibility index (Phi) is 7.18. The largest absolute Gasteiger partial charge is 0.321 e. The summed E-state index contributed by atoms with van der Waals surface area (Å²) in [7, 11) is 9.52. The second-order valence-corrected chi connectivity index (χ2v) is 14.7. The van der Waals surface area contributed by atoms with Crippen LogP contribution >= 0.6 is 0 Å². The molecule has 0 N–H and O–H groups in total. The summed E-state index contributed by atoms with van der Waals surface area (Å²) in [6, 6.07) is 5.04. The predicted octanol–water partition coefficient (Wildman–Crippen LogP) is 7.03. The van der Waals surface area contributed by atoms with Crippen LogP contribution in [0.2, 0.25) is 0 Å². The molecule has 1 rings (SSSR count). The molecule has 0 saturated heterocycles. The summed E-state index contributed by atoms with van der Waals surface area (Å²) in [6.45, 7) is 30.5. The molecule has 0 bridgehead atoms. The summed E-state index contributed by atoms with van der Waals surface area (Å²) >= 11 is 0. The van der Waals surface area contributed by atoms with E-state index in [0.717, 1.165) is 22.1 Å². The first kappa shape index (κ1) is 27.2. The van der Waals surface area contributed by atoms with Gasteiger partial charge in [-0.1, -0.05) is 41.5 Å². The molecule has 174 valence electrons. The number of rotatable bonds is 4. The van der Waals surface area contributed by atoms with E-state index in [-0.39, 0.29) is 21.9 Å². The lowest BCUT2D eigenvalue weighted by atomic mass is 9.75. The van der Waals surface area contributed by atoms with Gasteiger partial charge in [-0.25, -0.2) is 0 Å². The number of hydrogen-bond donors (Lipinski definition) is 0. The van der Waals surface area contributed by atoms with Gasteiger partial charge >= 0.3 is 0 Å². The van der Waals surface area contributed by atoms with Gasteiger partial charge in [0.05, 0.1) is 39.3 Å². The normalized spacial score (nSPS) is 14.9. The van der Waals surface area contributed by atoms with Crippen molar-refractivity contribution < 1.29 is 8.97 Å². The Bertz CT molecular complexity index is 690. The zero-order valence-electron chi connectivity index (χ0n) is 23.5. The molecule has 0 unspecified atom stereocenters. The van der Waals surface area contributed by atoms with Crippen LogP contribution in [-0.4, -0.2) is 48.2 Å². The predicted molar refractivity (Wildman–Crippen MR) is 135 cm³/mol. The van der Waals surface area contributed by atoms with Crippen molar-refractivity contribution in [1.29, 1.82) is 0 Å². The third-order valence-electron chi connectivity index (χ3n) is 7.68. The van der Waals surface area contributed by atoms with E-state index < -0.39 is 0 Å². The first-order chi connectivity index (χ1) is 12.9. The van der Waals surface area contributed by atoms with Crippen LogP contribution in [0, 0.1) is 0 Å². The smallest absolute Gasteiger partial charge is 0.105 e. The van der Waals surface area contributed by atoms with E-state index in [1.54, 1.807) is 5.56 Å². The second kappa shape index (κ2) is 7.93. The Hall–Kier alpha value is -0.860. The molecule has 0 aromatic heterocycles. The van der Waals surface area contributed by atoms with Gasteiger partial charge in [0.2, 0.25) is 0 Å². The molecule has 0 heterocycles. The van der Waals surface area contributed by atoms with E-state index in [1.807, 2.05) is 0 Å².